The maximum atomic E-state index is 5.19. The molecule has 1 atom stereocenters. The van der Waals surface area contributed by atoms with Gasteiger partial charge in [-0.1, -0.05) is 6.07 Å². The van der Waals surface area contributed by atoms with E-state index in [1.54, 1.807) is 7.11 Å². The van der Waals surface area contributed by atoms with Crippen LogP contribution in [0, 0.1) is 0 Å². The second kappa shape index (κ2) is 7.33. The number of piperidine rings is 1. The lowest BCUT2D eigenvalue weighted by Crippen LogP contribution is -2.35. The highest BCUT2D eigenvalue weighted by Gasteiger charge is 2.25. The van der Waals surface area contributed by atoms with Crippen LogP contribution in [0.5, 0.6) is 0 Å². The molecule has 0 N–H and O–H groups in total. The van der Waals surface area contributed by atoms with Crippen LogP contribution in [-0.4, -0.2) is 55.9 Å². The van der Waals surface area contributed by atoms with Crippen molar-refractivity contribution < 1.29 is 4.74 Å². The summed E-state index contributed by atoms with van der Waals surface area (Å²) >= 11 is 0. The lowest BCUT2D eigenvalue weighted by molar-refractivity contribution is 0.176. The fourth-order valence-corrected chi connectivity index (χ4v) is 3.65. The summed E-state index contributed by atoms with van der Waals surface area (Å²) in [5.74, 6) is 1.50. The average molecular weight is 340 g/mol. The molecule has 0 aliphatic carbocycles. The predicted octanol–water partition coefficient (Wildman–Crippen LogP) is 1.95. The van der Waals surface area contributed by atoms with Gasteiger partial charge in [0, 0.05) is 45.1 Å². The van der Waals surface area contributed by atoms with Crippen LogP contribution >= 0.6 is 0 Å². The first-order valence-electron chi connectivity index (χ1n) is 8.85. The number of likely N-dealkylation sites (tertiary alicyclic amines) is 1. The first kappa shape index (κ1) is 16.2. The van der Waals surface area contributed by atoms with Gasteiger partial charge in [-0.2, -0.15) is 0 Å². The first-order chi connectivity index (χ1) is 12.3. The van der Waals surface area contributed by atoms with Crippen molar-refractivity contribution in [3.8, 4) is 0 Å². The van der Waals surface area contributed by atoms with E-state index in [1.165, 1.54) is 12.1 Å². The second-order valence-electron chi connectivity index (χ2n) is 6.63. The third-order valence-corrected chi connectivity index (χ3v) is 4.93. The van der Waals surface area contributed by atoms with Crippen molar-refractivity contribution in [3.05, 3.63) is 48.4 Å². The summed E-state index contributed by atoms with van der Waals surface area (Å²) in [6, 6.07) is 6.04. The highest BCUT2D eigenvalue weighted by Crippen LogP contribution is 2.27. The van der Waals surface area contributed by atoms with Crippen molar-refractivity contribution in [2.45, 2.75) is 31.8 Å². The van der Waals surface area contributed by atoms with Crippen molar-refractivity contribution in [1.82, 2.24) is 29.0 Å². The number of hydrogen-bond acceptors (Lipinski definition) is 5. The molecule has 25 heavy (non-hydrogen) atoms. The van der Waals surface area contributed by atoms with E-state index < -0.39 is 0 Å². The molecule has 0 aromatic carbocycles. The van der Waals surface area contributed by atoms with Crippen molar-refractivity contribution in [3.63, 3.8) is 0 Å². The fraction of sp³-hybridized carbons (Fsp3) is 0.500. The van der Waals surface area contributed by atoms with Gasteiger partial charge in [0.05, 0.1) is 18.6 Å². The molecule has 1 aliphatic heterocycles. The normalized spacial score (nSPS) is 18.8. The van der Waals surface area contributed by atoms with E-state index in [2.05, 4.69) is 35.2 Å². The molecule has 0 bridgehead atoms. The average Bonchev–Trinajstić information content (AvgIpc) is 3.27. The molecule has 3 aromatic rings. The quantitative estimate of drug-likeness (QED) is 0.686. The molecule has 3 aromatic heterocycles. The third kappa shape index (κ3) is 3.43. The zero-order valence-electron chi connectivity index (χ0n) is 14.6. The molecule has 132 valence electrons. The van der Waals surface area contributed by atoms with Crippen LogP contribution in [0.3, 0.4) is 0 Å². The number of ether oxygens (including phenoxy) is 1. The number of fused-ring (bicyclic) bond motifs is 1. The van der Waals surface area contributed by atoms with Gasteiger partial charge < -0.3 is 9.30 Å². The standard InChI is InChI=1S/C18H24N6O/c1-25-10-9-23-14-19-11-16(23)13-22-7-4-5-15(12-22)18-21-20-17-6-2-3-8-24(17)18/h2-3,6,8,11,14-15H,4-5,7,9-10,12-13H2,1H3. The van der Waals surface area contributed by atoms with Gasteiger partial charge in [-0.15, -0.1) is 10.2 Å². The van der Waals surface area contributed by atoms with Gasteiger partial charge in [-0.3, -0.25) is 9.30 Å². The highest BCUT2D eigenvalue weighted by atomic mass is 16.5. The number of rotatable bonds is 6. The van der Waals surface area contributed by atoms with Crippen LogP contribution < -0.4 is 0 Å². The zero-order valence-corrected chi connectivity index (χ0v) is 14.6. The molecule has 1 saturated heterocycles. The Morgan fingerprint density at radius 1 is 1.28 bits per heavy atom. The molecule has 0 radical (unpaired) electrons. The van der Waals surface area contributed by atoms with Crippen molar-refractivity contribution in [2.75, 3.05) is 26.8 Å². The molecule has 0 saturated carbocycles. The van der Waals surface area contributed by atoms with Crippen LogP contribution in [0.2, 0.25) is 0 Å². The van der Waals surface area contributed by atoms with Crippen LogP contribution in [0.25, 0.3) is 5.65 Å². The Balaban J connectivity index is 1.47. The van der Waals surface area contributed by atoms with Crippen LogP contribution in [-0.2, 0) is 17.8 Å². The first-order valence-corrected chi connectivity index (χ1v) is 8.85. The van der Waals surface area contributed by atoms with E-state index in [1.807, 2.05) is 30.7 Å². The third-order valence-electron chi connectivity index (χ3n) is 4.93. The van der Waals surface area contributed by atoms with Gasteiger partial charge >= 0.3 is 0 Å². The largest absolute Gasteiger partial charge is 0.383 e. The minimum Gasteiger partial charge on any atom is -0.383 e. The number of nitrogens with zero attached hydrogens (tertiary/aromatic N) is 6. The molecule has 4 heterocycles. The highest BCUT2D eigenvalue weighted by molar-refractivity contribution is 5.37. The molecular formula is C18H24N6O. The van der Waals surface area contributed by atoms with Crippen LogP contribution in [0.15, 0.2) is 36.9 Å². The predicted molar refractivity (Wildman–Crippen MR) is 94.3 cm³/mol. The number of hydrogen-bond donors (Lipinski definition) is 0. The molecular weight excluding hydrogens is 316 g/mol. The fourth-order valence-electron chi connectivity index (χ4n) is 3.65. The van der Waals surface area contributed by atoms with E-state index in [0.29, 0.717) is 12.5 Å². The smallest absolute Gasteiger partial charge is 0.160 e. The molecule has 0 amide bonds. The van der Waals surface area contributed by atoms with Crippen molar-refractivity contribution in [1.29, 1.82) is 0 Å². The zero-order chi connectivity index (χ0) is 17.1. The maximum absolute atomic E-state index is 5.19. The van der Waals surface area contributed by atoms with Gasteiger partial charge in [0.1, 0.15) is 5.82 Å². The molecule has 1 fully saturated rings. The van der Waals surface area contributed by atoms with Gasteiger partial charge in [0.25, 0.3) is 0 Å². The summed E-state index contributed by atoms with van der Waals surface area (Å²) in [6.07, 6.45) is 8.25. The minimum absolute atomic E-state index is 0.418. The van der Waals surface area contributed by atoms with Gasteiger partial charge in [-0.25, -0.2) is 4.98 Å². The van der Waals surface area contributed by atoms with E-state index >= 15 is 0 Å². The number of aromatic nitrogens is 5. The Morgan fingerprint density at radius 2 is 2.24 bits per heavy atom. The summed E-state index contributed by atoms with van der Waals surface area (Å²) < 4.78 is 9.49. The van der Waals surface area contributed by atoms with Crippen LogP contribution in [0.4, 0.5) is 0 Å². The van der Waals surface area contributed by atoms with E-state index in [-0.39, 0.29) is 0 Å². The Morgan fingerprint density at radius 3 is 3.16 bits per heavy atom. The topological polar surface area (TPSA) is 60.5 Å². The Kier molecular flexibility index (Phi) is 4.76. The summed E-state index contributed by atoms with van der Waals surface area (Å²) in [5, 5.41) is 8.77. The van der Waals surface area contributed by atoms with Gasteiger partial charge in [-0.05, 0) is 31.5 Å². The number of pyridine rings is 1. The van der Waals surface area contributed by atoms with Gasteiger partial charge in [0.2, 0.25) is 0 Å². The molecule has 7 nitrogen and oxygen atoms in total. The second-order valence-corrected chi connectivity index (χ2v) is 6.63. The Hall–Kier alpha value is -2.25. The summed E-state index contributed by atoms with van der Waals surface area (Å²) in [7, 11) is 1.73. The number of methoxy groups -OCH3 is 1. The molecule has 4 rings (SSSR count). The molecule has 0 spiro atoms. The van der Waals surface area contributed by atoms with Crippen molar-refractivity contribution >= 4 is 5.65 Å². The van der Waals surface area contributed by atoms with E-state index in [4.69, 9.17) is 4.74 Å². The Bertz CT molecular complexity index is 826. The SMILES string of the molecule is COCCn1cncc1CN1CCCC(c2nnc3ccccn23)C1. The summed E-state index contributed by atoms with van der Waals surface area (Å²) in [6.45, 7) is 4.58. The minimum atomic E-state index is 0.418. The van der Waals surface area contributed by atoms with Crippen LogP contribution in [0.1, 0.15) is 30.3 Å². The molecule has 1 unspecified atom stereocenters. The van der Waals surface area contributed by atoms with Gasteiger partial charge in [0.15, 0.2) is 5.65 Å². The monoisotopic (exact) mass is 340 g/mol. The molecule has 1 aliphatic rings. The lowest BCUT2D eigenvalue weighted by atomic mass is 9.97. The van der Waals surface area contributed by atoms with E-state index in [9.17, 15) is 0 Å². The molecule has 7 heteroatoms. The number of imidazole rings is 1. The summed E-state index contributed by atoms with van der Waals surface area (Å²) in [4.78, 5) is 6.80. The van der Waals surface area contributed by atoms with E-state index in [0.717, 1.165) is 44.1 Å². The lowest BCUT2D eigenvalue weighted by Gasteiger charge is -2.32. The summed E-state index contributed by atoms with van der Waals surface area (Å²) in [5.41, 5.74) is 2.16. The Labute approximate surface area is 147 Å². The van der Waals surface area contributed by atoms with Crippen molar-refractivity contribution in [2.24, 2.45) is 0 Å². The maximum Gasteiger partial charge on any atom is 0.160 e.